The van der Waals surface area contributed by atoms with Crippen molar-refractivity contribution in [3.63, 3.8) is 0 Å². The van der Waals surface area contributed by atoms with Crippen LogP contribution in [0, 0.1) is 0 Å². The van der Waals surface area contributed by atoms with Crippen molar-refractivity contribution in [1.29, 1.82) is 0 Å². The van der Waals surface area contributed by atoms with Gasteiger partial charge in [-0.15, -0.1) is 0 Å². The van der Waals surface area contributed by atoms with Crippen LogP contribution in [0.4, 0.5) is 0 Å². The Morgan fingerprint density at radius 2 is 2.00 bits per heavy atom. The summed E-state index contributed by atoms with van der Waals surface area (Å²) in [6.45, 7) is 8.82. The zero-order valence-electron chi connectivity index (χ0n) is 11.8. The van der Waals surface area contributed by atoms with Crippen LogP contribution >= 0.6 is 22.6 Å². The molecule has 0 atom stereocenters. The minimum atomic E-state index is 0.692. The van der Waals surface area contributed by atoms with E-state index in [1.54, 1.807) is 0 Å². The van der Waals surface area contributed by atoms with Crippen LogP contribution in [0.2, 0.25) is 0 Å². The molecule has 2 nitrogen and oxygen atoms in total. The first-order chi connectivity index (χ1) is 9.60. The molecule has 1 aromatic rings. The second-order valence-corrected chi connectivity index (χ2v) is 5.76. The van der Waals surface area contributed by atoms with Gasteiger partial charge in [0.25, 0.3) is 0 Å². The average Bonchev–Trinajstić information content (AvgIpc) is 2.44. The molecule has 3 heteroatoms. The van der Waals surface area contributed by atoms with Gasteiger partial charge in [-0.25, -0.2) is 0 Å². The van der Waals surface area contributed by atoms with E-state index in [2.05, 4.69) is 66.7 Å². The quantitative estimate of drug-likeness (QED) is 0.675. The Kier molecular flexibility index (Phi) is 5.06. The minimum absolute atomic E-state index is 0.692. The highest BCUT2D eigenvalue weighted by molar-refractivity contribution is 14.1. The fraction of sp³-hybridized carbons (Fsp3) is 0.176. The predicted molar refractivity (Wildman–Crippen MR) is 93.5 cm³/mol. The van der Waals surface area contributed by atoms with E-state index in [0.29, 0.717) is 6.61 Å². The fourth-order valence-corrected chi connectivity index (χ4v) is 2.38. The molecule has 0 saturated carbocycles. The van der Waals surface area contributed by atoms with E-state index in [4.69, 9.17) is 4.74 Å². The number of hydrogen-bond donors (Lipinski definition) is 0. The Morgan fingerprint density at radius 1 is 1.30 bits per heavy atom. The number of halogens is 1. The Balaban J connectivity index is 2.17. The van der Waals surface area contributed by atoms with Gasteiger partial charge >= 0.3 is 0 Å². The maximum Gasteiger partial charge on any atom is 0.119 e. The normalized spacial score (nSPS) is 15.3. The molecule has 0 amide bonds. The van der Waals surface area contributed by atoms with Gasteiger partial charge in [-0.1, -0.05) is 18.7 Å². The highest BCUT2D eigenvalue weighted by atomic mass is 127. The van der Waals surface area contributed by atoms with E-state index < -0.39 is 0 Å². The molecule has 0 radical (unpaired) electrons. The van der Waals surface area contributed by atoms with E-state index in [1.165, 1.54) is 14.7 Å². The van der Waals surface area contributed by atoms with Gasteiger partial charge < -0.3 is 9.64 Å². The molecule has 1 aliphatic heterocycles. The zero-order chi connectivity index (χ0) is 14.5. The van der Waals surface area contributed by atoms with Gasteiger partial charge in [0.15, 0.2) is 0 Å². The van der Waals surface area contributed by atoms with E-state index in [9.17, 15) is 0 Å². The van der Waals surface area contributed by atoms with Crippen LogP contribution in [0.5, 0.6) is 5.75 Å². The van der Waals surface area contributed by atoms with Crippen molar-refractivity contribution < 1.29 is 4.74 Å². The lowest BCUT2D eigenvalue weighted by atomic mass is 10.1. The molecule has 0 saturated heterocycles. The van der Waals surface area contributed by atoms with Gasteiger partial charge in [0.05, 0.1) is 6.61 Å². The molecule has 0 N–H and O–H groups in total. The van der Waals surface area contributed by atoms with Crippen LogP contribution in [0.25, 0.3) is 5.57 Å². The molecule has 0 bridgehead atoms. The minimum Gasteiger partial charge on any atom is -0.494 e. The van der Waals surface area contributed by atoms with Crippen molar-refractivity contribution in [3.05, 3.63) is 70.2 Å². The number of hydrogen-bond acceptors (Lipinski definition) is 2. The summed E-state index contributed by atoms with van der Waals surface area (Å²) in [5.74, 6) is 0.906. The Morgan fingerprint density at radius 3 is 2.65 bits per heavy atom. The highest BCUT2D eigenvalue weighted by Crippen LogP contribution is 2.24. The smallest absolute Gasteiger partial charge is 0.119 e. The fourth-order valence-electron chi connectivity index (χ4n) is 1.90. The lowest BCUT2D eigenvalue weighted by molar-refractivity contribution is 0.340. The van der Waals surface area contributed by atoms with Crippen LogP contribution in [-0.4, -0.2) is 11.5 Å². The summed E-state index contributed by atoms with van der Waals surface area (Å²) in [7, 11) is 0. The lowest BCUT2D eigenvalue weighted by Crippen LogP contribution is -2.10. The van der Waals surface area contributed by atoms with Crippen LogP contribution < -0.4 is 4.74 Å². The summed E-state index contributed by atoms with van der Waals surface area (Å²) in [4.78, 5) is 2.05. The first kappa shape index (κ1) is 14.9. The molecular formula is C17H18INO. The zero-order valence-corrected chi connectivity index (χ0v) is 13.9. The molecule has 20 heavy (non-hydrogen) atoms. The average molecular weight is 379 g/mol. The van der Waals surface area contributed by atoms with Crippen molar-refractivity contribution in [2.24, 2.45) is 0 Å². The van der Waals surface area contributed by atoms with Gasteiger partial charge in [-0.05, 0) is 71.9 Å². The Hall–Kier alpha value is -1.49. The van der Waals surface area contributed by atoms with Gasteiger partial charge in [0.2, 0.25) is 0 Å². The number of allylic oxidation sites excluding steroid dienone is 4. The highest BCUT2D eigenvalue weighted by Gasteiger charge is 2.06. The Bertz CT molecular complexity index is 582. The SMILES string of the molecule is C=C1C=CC(I)=CN1/C=C(\C)c1ccc(OCC)cc1. The van der Waals surface area contributed by atoms with E-state index in [-0.39, 0.29) is 0 Å². The topological polar surface area (TPSA) is 12.5 Å². The van der Waals surface area contributed by atoms with E-state index in [1.807, 2.05) is 30.0 Å². The van der Waals surface area contributed by atoms with Gasteiger partial charge in [0, 0.05) is 21.7 Å². The Labute approximate surface area is 134 Å². The first-order valence-electron chi connectivity index (χ1n) is 6.54. The molecule has 0 aromatic heterocycles. The van der Waals surface area contributed by atoms with Crippen LogP contribution in [-0.2, 0) is 0 Å². The molecule has 1 aromatic carbocycles. The standard InChI is InChI=1S/C17H18INO/c1-4-20-17-9-6-15(7-10-17)13(2)11-19-12-16(18)8-5-14(19)3/h5-12H,3-4H2,1-2H3/b13-11+. The third-order valence-electron chi connectivity index (χ3n) is 2.98. The second-order valence-electron chi connectivity index (χ2n) is 4.52. The summed E-state index contributed by atoms with van der Waals surface area (Å²) in [6.07, 6.45) is 8.24. The molecule has 0 unspecified atom stereocenters. The van der Waals surface area contributed by atoms with Crippen molar-refractivity contribution in [1.82, 2.24) is 4.90 Å². The van der Waals surface area contributed by atoms with Crippen molar-refractivity contribution in [2.45, 2.75) is 13.8 Å². The summed E-state index contributed by atoms with van der Waals surface area (Å²) >= 11 is 2.30. The third-order valence-corrected chi connectivity index (χ3v) is 3.62. The largest absolute Gasteiger partial charge is 0.494 e. The number of nitrogens with zero attached hydrogens (tertiary/aromatic N) is 1. The predicted octanol–water partition coefficient (Wildman–Crippen LogP) is 5.11. The number of rotatable bonds is 4. The second kappa shape index (κ2) is 6.79. The van der Waals surface area contributed by atoms with Crippen LogP contribution in [0.15, 0.2) is 64.7 Å². The van der Waals surface area contributed by atoms with Gasteiger partial charge in [-0.2, -0.15) is 0 Å². The summed E-state index contributed by atoms with van der Waals surface area (Å²) in [5, 5.41) is 0. The summed E-state index contributed by atoms with van der Waals surface area (Å²) in [6, 6.07) is 8.16. The maximum atomic E-state index is 5.46. The molecule has 1 heterocycles. The summed E-state index contributed by atoms with van der Waals surface area (Å²) < 4.78 is 6.64. The molecular weight excluding hydrogens is 361 g/mol. The van der Waals surface area contributed by atoms with Crippen LogP contribution in [0.1, 0.15) is 19.4 Å². The van der Waals surface area contributed by atoms with E-state index >= 15 is 0 Å². The molecule has 1 aliphatic rings. The number of ether oxygens (including phenoxy) is 1. The van der Waals surface area contributed by atoms with Gasteiger partial charge in [0.1, 0.15) is 5.75 Å². The molecule has 0 spiro atoms. The van der Waals surface area contributed by atoms with Crippen LogP contribution in [0.3, 0.4) is 0 Å². The van der Waals surface area contributed by atoms with E-state index in [0.717, 1.165) is 11.4 Å². The van der Waals surface area contributed by atoms with Crippen molar-refractivity contribution in [2.75, 3.05) is 6.61 Å². The summed E-state index contributed by atoms with van der Waals surface area (Å²) in [5.41, 5.74) is 3.33. The first-order valence-corrected chi connectivity index (χ1v) is 7.62. The molecule has 104 valence electrons. The molecule has 0 aliphatic carbocycles. The molecule has 0 fully saturated rings. The maximum absolute atomic E-state index is 5.46. The van der Waals surface area contributed by atoms with Crippen molar-refractivity contribution >= 4 is 28.2 Å². The molecule has 2 rings (SSSR count). The lowest BCUT2D eigenvalue weighted by Gasteiger charge is -2.21. The van der Waals surface area contributed by atoms with Gasteiger partial charge in [-0.3, -0.25) is 0 Å². The van der Waals surface area contributed by atoms with Crippen molar-refractivity contribution in [3.8, 4) is 5.75 Å². The number of benzene rings is 1. The third kappa shape index (κ3) is 3.76. The monoisotopic (exact) mass is 379 g/mol.